The lowest BCUT2D eigenvalue weighted by atomic mass is 10.5. The first-order chi connectivity index (χ1) is 10.2. The Morgan fingerprint density at radius 3 is 1.19 bits per heavy atom. The molecule has 0 N–H and O–H groups in total. The second-order valence-corrected chi connectivity index (χ2v) is 3.38. The van der Waals surface area contributed by atoms with Crippen molar-refractivity contribution in [3.05, 3.63) is 24.3 Å². The average Bonchev–Trinajstić information content (AvgIpc) is 2.49. The maximum Gasteiger partial charge on any atom is 0.0498 e. The Balaban J connectivity index is -0.0000000921. The Labute approximate surface area is 137 Å². The molecule has 0 aromatic heterocycles. The first-order valence-electron chi connectivity index (χ1n) is 5.63. The smallest absolute Gasteiger partial charge is 0.0498 e. The quantitative estimate of drug-likeness (QED) is 0.231. The van der Waals surface area contributed by atoms with Crippen molar-refractivity contribution >= 4 is 37.3 Å². The molecule has 122 valence electrons. The van der Waals surface area contributed by atoms with E-state index < -0.39 is 0 Å². The van der Waals surface area contributed by atoms with Gasteiger partial charge in [0.25, 0.3) is 0 Å². The van der Waals surface area contributed by atoms with Crippen molar-refractivity contribution in [2.24, 2.45) is 29.6 Å². The highest BCUT2D eigenvalue weighted by Crippen LogP contribution is 1.90. The van der Waals surface area contributed by atoms with Gasteiger partial charge in [-0.3, -0.25) is 0 Å². The molecular weight excluding hydrogens is 308 g/mol. The summed E-state index contributed by atoms with van der Waals surface area (Å²) in [6.45, 7) is 9.89. The van der Waals surface area contributed by atoms with Crippen molar-refractivity contribution in [1.82, 2.24) is 0 Å². The minimum Gasteiger partial charge on any atom is -0.246 e. The van der Waals surface area contributed by atoms with E-state index in [4.69, 9.17) is 0 Å². The Morgan fingerprint density at radius 1 is 0.810 bits per heavy atom. The van der Waals surface area contributed by atoms with E-state index in [0.29, 0.717) is 0 Å². The number of rotatable bonds is 5. The van der Waals surface area contributed by atoms with Crippen LogP contribution in [0.1, 0.15) is 13.8 Å². The van der Waals surface area contributed by atoms with Crippen LogP contribution in [0.3, 0.4) is 0 Å². The predicted octanol–water partition coefficient (Wildman–Crippen LogP) is 5.07. The lowest BCUT2D eigenvalue weighted by molar-refractivity contribution is 0.161. The second kappa shape index (κ2) is 42.8. The van der Waals surface area contributed by atoms with Gasteiger partial charge in [-0.05, 0) is 37.7 Å². The van der Waals surface area contributed by atoms with Gasteiger partial charge in [0.2, 0.25) is 0 Å². The second-order valence-electron chi connectivity index (χ2n) is 2.32. The predicted molar refractivity (Wildman–Crippen MR) is 98.4 cm³/mol. The summed E-state index contributed by atoms with van der Waals surface area (Å²) in [4.78, 5) is 3.86. The third-order valence-electron chi connectivity index (χ3n) is 0.938. The lowest BCUT2D eigenvalue weighted by Crippen LogP contribution is -1.55. The molecule has 0 spiro atoms. The molecular formula is C12H26N6OS2. The number of hydrogen-bond acceptors (Lipinski definition) is 9. The Kier molecular flexibility index (Phi) is 56.7. The third-order valence-corrected chi connectivity index (χ3v) is 1.59. The van der Waals surface area contributed by atoms with Gasteiger partial charge in [0.1, 0.15) is 0 Å². The fourth-order valence-corrected chi connectivity index (χ4v) is 0.753. The Bertz CT molecular complexity index is 265. The fraction of sp³-hybridized carbons (Fsp3) is 0.500. The highest BCUT2D eigenvalue weighted by molar-refractivity contribution is 7.97. The summed E-state index contributed by atoms with van der Waals surface area (Å²) in [5.41, 5.74) is 0. The van der Waals surface area contributed by atoms with E-state index >= 15 is 0 Å². The van der Waals surface area contributed by atoms with Gasteiger partial charge in [0.15, 0.2) is 0 Å². The van der Waals surface area contributed by atoms with E-state index in [-0.39, 0.29) is 0 Å². The van der Waals surface area contributed by atoms with Crippen LogP contribution in [-0.2, 0) is 4.94 Å². The summed E-state index contributed by atoms with van der Waals surface area (Å²) < 4.78 is 7.03. The maximum atomic E-state index is 3.86. The molecule has 0 aliphatic rings. The SMILES string of the molecule is C/C=C\C=C/C.C=NON=C.CN=NSC.CN=NSC. The lowest BCUT2D eigenvalue weighted by Gasteiger charge is -1.71. The van der Waals surface area contributed by atoms with Crippen LogP contribution in [0.25, 0.3) is 0 Å². The zero-order valence-electron chi connectivity index (χ0n) is 13.6. The molecule has 0 amide bonds. The number of allylic oxidation sites excluding steroid dienone is 4. The van der Waals surface area contributed by atoms with Crippen LogP contribution >= 0.6 is 23.9 Å². The van der Waals surface area contributed by atoms with Crippen LogP contribution < -0.4 is 0 Å². The molecule has 0 bridgehead atoms. The van der Waals surface area contributed by atoms with E-state index in [9.17, 15) is 0 Å². The monoisotopic (exact) mass is 334 g/mol. The zero-order valence-corrected chi connectivity index (χ0v) is 15.3. The van der Waals surface area contributed by atoms with E-state index in [0.717, 1.165) is 0 Å². The fourth-order valence-electron chi connectivity index (χ4n) is 0.426. The molecule has 0 saturated heterocycles. The third kappa shape index (κ3) is 89.4. The molecule has 0 aliphatic heterocycles. The average molecular weight is 335 g/mol. The zero-order chi connectivity index (χ0) is 17.2. The number of nitrogens with zero attached hydrogens (tertiary/aromatic N) is 6. The summed E-state index contributed by atoms with van der Waals surface area (Å²) in [6.07, 6.45) is 11.7. The van der Waals surface area contributed by atoms with E-state index in [1.807, 2.05) is 50.7 Å². The summed E-state index contributed by atoms with van der Waals surface area (Å²) in [5, 5.41) is 12.6. The summed E-state index contributed by atoms with van der Waals surface area (Å²) in [7, 11) is 3.30. The van der Waals surface area contributed by atoms with Gasteiger partial charge < -0.3 is 0 Å². The molecule has 0 aromatic carbocycles. The maximum absolute atomic E-state index is 3.86. The Hall–Kier alpha value is -1.48. The molecule has 0 radical (unpaired) electrons. The van der Waals surface area contributed by atoms with Crippen molar-refractivity contribution in [3.63, 3.8) is 0 Å². The van der Waals surface area contributed by atoms with Crippen LogP contribution in [0.2, 0.25) is 0 Å². The van der Waals surface area contributed by atoms with Crippen molar-refractivity contribution < 1.29 is 4.94 Å². The van der Waals surface area contributed by atoms with Gasteiger partial charge in [0.05, 0.1) is 0 Å². The molecule has 0 aliphatic carbocycles. The molecule has 0 heterocycles. The van der Waals surface area contributed by atoms with Crippen LogP contribution in [0.4, 0.5) is 0 Å². The molecule has 0 saturated carbocycles. The van der Waals surface area contributed by atoms with Gasteiger partial charge in [-0.2, -0.15) is 10.2 Å². The highest BCUT2D eigenvalue weighted by atomic mass is 32.2. The van der Waals surface area contributed by atoms with Crippen LogP contribution in [-0.4, -0.2) is 40.0 Å². The van der Waals surface area contributed by atoms with Gasteiger partial charge in [-0.15, -0.1) is 9.04 Å². The summed E-state index contributed by atoms with van der Waals surface area (Å²) >= 11 is 2.72. The standard InChI is InChI=1S/C6H10.C2H4N2O.2C2H6N2S/c1-3-5-6-4-2;1-3-5-4-2;2*1-3-4-5-2/h3-6H,1-2H3;1-2H2;2*1-2H3/b5-3-,6-4-;;;. The van der Waals surface area contributed by atoms with E-state index in [1.54, 1.807) is 14.1 Å². The molecule has 0 fully saturated rings. The molecule has 0 unspecified atom stereocenters. The van der Waals surface area contributed by atoms with Crippen molar-refractivity contribution in [3.8, 4) is 0 Å². The number of oxime groups is 2. The van der Waals surface area contributed by atoms with Crippen molar-refractivity contribution in [2.75, 3.05) is 26.6 Å². The largest absolute Gasteiger partial charge is 0.246 e. The van der Waals surface area contributed by atoms with E-state index in [2.05, 4.69) is 48.0 Å². The minimum absolute atomic E-state index is 1.36. The van der Waals surface area contributed by atoms with E-state index in [1.165, 1.54) is 23.9 Å². The van der Waals surface area contributed by atoms with Gasteiger partial charge in [-0.1, -0.05) is 34.6 Å². The summed E-state index contributed by atoms with van der Waals surface area (Å²) in [6, 6.07) is 0. The highest BCUT2D eigenvalue weighted by Gasteiger charge is 1.53. The first-order valence-corrected chi connectivity index (χ1v) is 7.99. The molecule has 21 heavy (non-hydrogen) atoms. The topological polar surface area (TPSA) is 83.4 Å². The van der Waals surface area contributed by atoms with Gasteiger partial charge in [-0.25, -0.2) is 4.94 Å². The molecule has 9 heteroatoms. The number of hydrogen-bond donors (Lipinski definition) is 0. The minimum atomic E-state index is 1.36. The molecule has 0 aromatic rings. The van der Waals surface area contributed by atoms with Crippen LogP contribution in [0.15, 0.2) is 53.9 Å². The normalized spacial score (nSPS) is 9.43. The summed E-state index contributed by atoms with van der Waals surface area (Å²) in [5.74, 6) is 0. The van der Waals surface area contributed by atoms with Gasteiger partial charge in [0, 0.05) is 40.0 Å². The first kappa shape index (κ1) is 27.8. The van der Waals surface area contributed by atoms with Crippen molar-refractivity contribution in [2.45, 2.75) is 13.8 Å². The van der Waals surface area contributed by atoms with Crippen molar-refractivity contribution in [1.29, 1.82) is 0 Å². The molecule has 7 nitrogen and oxygen atoms in total. The van der Waals surface area contributed by atoms with Crippen LogP contribution in [0, 0.1) is 0 Å². The molecule has 0 atom stereocenters. The van der Waals surface area contributed by atoms with Gasteiger partial charge >= 0.3 is 0 Å². The molecule has 0 rings (SSSR count). The van der Waals surface area contributed by atoms with Crippen LogP contribution in [0.5, 0.6) is 0 Å². The Morgan fingerprint density at radius 2 is 1.14 bits per heavy atom.